The fraction of sp³-hybridized carbons (Fsp3) is 0.214. The van der Waals surface area contributed by atoms with Gasteiger partial charge in [-0.05, 0) is 30.3 Å². The molecule has 0 unspecified atom stereocenters. The van der Waals surface area contributed by atoms with Gasteiger partial charge in [-0.25, -0.2) is 4.39 Å². The van der Waals surface area contributed by atoms with Gasteiger partial charge >= 0.3 is 6.18 Å². The number of nitrogens with zero attached hydrogens (tertiary/aromatic N) is 1. The molecule has 0 bridgehead atoms. The predicted molar refractivity (Wildman–Crippen MR) is 67.8 cm³/mol. The quantitative estimate of drug-likeness (QED) is 0.861. The molecule has 0 aliphatic rings. The molecule has 0 saturated carbocycles. The summed E-state index contributed by atoms with van der Waals surface area (Å²) in [5.74, 6) is -1.27. The maximum absolute atomic E-state index is 13.1. The van der Waals surface area contributed by atoms with E-state index < -0.39 is 17.6 Å². The number of benzene rings is 1. The Morgan fingerprint density at radius 2 is 1.90 bits per heavy atom. The molecular weight excluding hydrogens is 272 g/mol. The fourth-order valence-corrected chi connectivity index (χ4v) is 1.73. The van der Waals surface area contributed by atoms with Crippen molar-refractivity contribution in [2.75, 3.05) is 11.9 Å². The van der Waals surface area contributed by atoms with Crippen LogP contribution in [0.25, 0.3) is 0 Å². The van der Waals surface area contributed by atoms with E-state index in [1.807, 2.05) is 12.1 Å². The third-order valence-electron chi connectivity index (χ3n) is 2.71. The molecule has 0 spiro atoms. The molecule has 106 valence electrons. The molecule has 0 radical (unpaired) electrons. The van der Waals surface area contributed by atoms with Gasteiger partial charge in [-0.3, -0.25) is 4.98 Å². The Kier molecular flexibility index (Phi) is 4.22. The minimum atomic E-state index is -4.69. The molecule has 0 aliphatic carbocycles. The van der Waals surface area contributed by atoms with E-state index >= 15 is 0 Å². The highest BCUT2D eigenvalue weighted by atomic mass is 19.4. The minimum Gasteiger partial charge on any atom is -0.385 e. The Bertz CT molecular complexity index is 567. The maximum atomic E-state index is 13.1. The van der Waals surface area contributed by atoms with Crippen LogP contribution in [0.2, 0.25) is 0 Å². The number of hydrogen-bond donors (Lipinski definition) is 1. The van der Waals surface area contributed by atoms with Crippen LogP contribution in [0.5, 0.6) is 0 Å². The summed E-state index contributed by atoms with van der Waals surface area (Å²) >= 11 is 0. The van der Waals surface area contributed by atoms with Crippen LogP contribution < -0.4 is 5.32 Å². The third-order valence-corrected chi connectivity index (χ3v) is 2.71. The van der Waals surface area contributed by atoms with Gasteiger partial charge in [0.1, 0.15) is 5.82 Å². The number of nitrogens with one attached hydrogen (secondary N) is 1. The zero-order chi connectivity index (χ0) is 14.6. The zero-order valence-corrected chi connectivity index (χ0v) is 10.4. The normalized spacial score (nSPS) is 11.4. The van der Waals surface area contributed by atoms with Gasteiger partial charge in [0.25, 0.3) is 0 Å². The molecule has 0 atom stereocenters. The first-order valence-electron chi connectivity index (χ1n) is 5.97. The highest BCUT2D eigenvalue weighted by Gasteiger charge is 2.34. The van der Waals surface area contributed by atoms with E-state index in [4.69, 9.17) is 0 Å². The van der Waals surface area contributed by atoms with Crippen LogP contribution in [0.3, 0.4) is 0 Å². The maximum Gasteiger partial charge on any atom is 0.419 e. The van der Waals surface area contributed by atoms with Crippen molar-refractivity contribution in [3.63, 3.8) is 0 Å². The number of aromatic nitrogens is 1. The van der Waals surface area contributed by atoms with Crippen molar-refractivity contribution in [1.82, 2.24) is 4.98 Å². The molecular formula is C14H12F4N2. The van der Waals surface area contributed by atoms with Crippen molar-refractivity contribution in [2.45, 2.75) is 12.6 Å². The molecule has 0 amide bonds. The van der Waals surface area contributed by atoms with Crippen molar-refractivity contribution in [3.05, 3.63) is 59.7 Å². The number of pyridine rings is 1. The second-order valence-corrected chi connectivity index (χ2v) is 4.19. The minimum absolute atomic E-state index is 0.231. The molecule has 0 fully saturated rings. The zero-order valence-electron chi connectivity index (χ0n) is 10.4. The van der Waals surface area contributed by atoms with Gasteiger partial charge in [-0.1, -0.05) is 6.07 Å². The molecule has 1 aromatic carbocycles. The van der Waals surface area contributed by atoms with E-state index in [9.17, 15) is 17.6 Å². The number of rotatable bonds is 4. The molecule has 1 N–H and O–H groups in total. The number of anilines is 1. The Balaban J connectivity index is 2.00. The lowest BCUT2D eigenvalue weighted by molar-refractivity contribution is -0.139. The van der Waals surface area contributed by atoms with Crippen molar-refractivity contribution in [1.29, 1.82) is 0 Å². The molecule has 2 aromatic rings. The van der Waals surface area contributed by atoms with Crippen LogP contribution in [0, 0.1) is 5.82 Å². The van der Waals surface area contributed by atoms with Gasteiger partial charge < -0.3 is 5.32 Å². The lowest BCUT2D eigenvalue weighted by Crippen LogP contribution is -2.11. The molecule has 6 heteroatoms. The second-order valence-electron chi connectivity index (χ2n) is 4.19. The van der Waals surface area contributed by atoms with E-state index in [0.717, 1.165) is 17.8 Å². The van der Waals surface area contributed by atoms with Crippen LogP contribution in [-0.2, 0) is 12.6 Å². The standard InChI is InChI=1S/C14H12F4N2/c15-13-5-4-11(9-12(13)14(16,17)18)20-8-6-10-3-1-2-7-19-10/h1-5,7,9,20H,6,8H2. The highest BCUT2D eigenvalue weighted by molar-refractivity contribution is 5.47. The average molecular weight is 284 g/mol. The molecule has 2 rings (SSSR count). The summed E-state index contributed by atoms with van der Waals surface area (Å²) in [6.45, 7) is 0.417. The summed E-state index contributed by atoms with van der Waals surface area (Å²) in [5, 5.41) is 2.83. The second kappa shape index (κ2) is 5.90. The van der Waals surface area contributed by atoms with Gasteiger partial charge in [0.15, 0.2) is 0 Å². The smallest absolute Gasteiger partial charge is 0.385 e. The Morgan fingerprint density at radius 1 is 1.10 bits per heavy atom. The van der Waals surface area contributed by atoms with Gasteiger partial charge in [-0.15, -0.1) is 0 Å². The largest absolute Gasteiger partial charge is 0.419 e. The summed E-state index contributed by atoms with van der Waals surface area (Å²) < 4.78 is 50.7. The van der Waals surface area contributed by atoms with Crippen LogP contribution in [0.1, 0.15) is 11.3 Å². The third kappa shape index (κ3) is 3.69. The van der Waals surface area contributed by atoms with E-state index in [0.29, 0.717) is 13.0 Å². The summed E-state index contributed by atoms with van der Waals surface area (Å²) in [5.41, 5.74) is -0.201. The fourth-order valence-electron chi connectivity index (χ4n) is 1.73. The first-order valence-corrected chi connectivity index (χ1v) is 5.97. The Morgan fingerprint density at radius 3 is 2.55 bits per heavy atom. The average Bonchev–Trinajstić information content (AvgIpc) is 2.40. The summed E-state index contributed by atoms with van der Waals surface area (Å²) in [4.78, 5) is 4.10. The van der Waals surface area contributed by atoms with Crippen molar-refractivity contribution in [2.24, 2.45) is 0 Å². The molecule has 0 saturated heterocycles. The van der Waals surface area contributed by atoms with E-state index in [2.05, 4.69) is 10.3 Å². The lowest BCUT2D eigenvalue weighted by atomic mass is 10.1. The first kappa shape index (κ1) is 14.3. The summed E-state index contributed by atoms with van der Waals surface area (Å²) in [7, 11) is 0. The van der Waals surface area contributed by atoms with Gasteiger partial charge in [-0.2, -0.15) is 13.2 Å². The Labute approximate surface area is 113 Å². The highest BCUT2D eigenvalue weighted by Crippen LogP contribution is 2.32. The summed E-state index contributed by atoms with van der Waals surface area (Å²) in [6.07, 6.45) is -2.47. The molecule has 0 aliphatic heterocycles. The number of halogens is 4. The van der Waals surface area contributed by atoms with Crippen LogP contribution in [-0.4, -0.2) is 11.5 Å². The summed E-state index contributed by atoms with van der Waals surface area (Å²) in [6, 6.07) is 8.31. The number of hydrogen-bond acceptors (Lipinski definition) is 2. The van der Waals surface area contributed by atoms with Crippen LogP contribution in [0.4, 0.5) is 23.2 Å². The van der Waals surface area contributed by atoms with Gasteiger partial charge in [0, 0.05) is 30.5 Å². The molecule has 1 heterocycles. The van der Waals surface area contributed by atoms with Crippen molar-refractivity contribution < 1.29 is 17.6 Å². The van der Waals surface area contributed by atoms with Gasteiger partial charge in [0.05, 0.1) is 5.56 Å². The first-order chi connectivity index (χ1) is 9.47. The van der Waals surface area contributed by atoms with E-state index in [1.54, 1.807) is 12.3 Å². The van der Waals surface area contributed by atoms with E-state index in [1.165, 1.54) is 6.07 Å². The molecule has 2 nitrogen and oxygen atoms in total. The monoisotopic (exact) mass is 284 g/mol. The molecule has 1 aromatic heterocycles. The van der Waals surface area contributed by atoms with Gasteiger partial charge in [0.2, 0.25) is 0 Å². The van der Waals surface area contributed by atoms with Crippen molar-refractivity contribution >= 4 is 5.69 Å². The lowest BCUT2D eigenvalue weighted by Gasteiger charge is -2.11. The van der Waals surface area contributed by atoms with Crippen LogP contribution >= 0.6 is 0 Å². The topological polar surface area (TPSA) is 24.9 Å². The van der Waals surface area contributed by atoms with E-state index in [-0.39, 0.29) is 5.69 Å². The van der Waals surface area contributed by atoms with Crippen molar-refractivity contribution in [3.8, 4) is 0 Å². The SMILES string of the molecule is Fc1ccc(NCCc2ccccn2)cc1C(F)(F)F. The predicted octanol–water partition coefficient (Wildman–Crippen LogP) is 3.89. The molecule has 20 heavy (non-hydrogen) atoms. The number of alkyl halides is 3. The Hall–Kier alpha value is -2.11. The van der Waals surface area contributed by atoms with Crippen LogP contribution in [0.15, 0.2) is 42.6 Å².